The second kappa shape index (κ2) is 5.92. The van der Waals surface area contributed by atoms with Crippen LogP contribution in [0.2, 0.25) is 0 Å². The SMILES string of the molecule is CC1OCCC1(C)NS(=O)(=O)c1cc(Br)cc(CN)c1F. The van der Waals surface area contributed by atoms with Crippen LogP contribution in [0.3, 0.4) is 0 Å². The Kier molecular flexibility index (Phi) is 4.75. The molecule has 118 valence electrons. The van der Waals surface area contributed by atoms with E-state index in [0.717, 1.165) is 0 Å². The molecule has 1 aromatic carbocycles. The van der Waals surface area contributed by atoms with E-state index < -0.39 is 26.3 Å². The lowest BCUT2D eigenvalue weighted by atomic mass is 9.97. The summed E-state index contributed by atoms with van der Waals surface area (Å²) in [6, 6.07) is 2.71. The predicted octanol–water partition coefficient (Wildman–Crippen LogP) is 1.89. The third-order valence-corrected chi connectivity index (χ3v) is 5.91. The van der Waals surface area contributed by atoms with Crippen LogP contribution < -0.4 is 10.5 Å². The maximum atomic E-state index is 14.3. The number of nitrogens with two attached hydrogens (primary N) is 1. The number of rotatable bonds is 4. The van der Waals surface area contributed by atoms with Crippen LogP contribution in [-0.2, 0) is 21.3 Å². The topological polar surface area (TPSA) is 81.4 Å². The summed E-state index contributed by atoms with van der Waals surface area (Å²) < 4.78 is 47.7. The highest BCUT2D eigenvalue weighted by Crippen LogP contribution is 2.29. The maximum absolute atomic E-state index is 14.3. The van der Waals surface area contributed by atoms with E-state index in [1.54, 1.807) is 13.8 Å². The van der Waals surface area contributed by atoms with Crippen LogP contribution in [0, 0.1) is 5.82 Å². The van der Waals surface area contributed by atoms with Crippen LogP contribution in [-0.4, -0.2) is 26.7 Å². The molecule has 0 aromatic heterocycles. The molecule has 1 saturated heterocycles. The molecule has 0 amide bonds. The zero-order valence-electron chi connectivity index (χ0n) is 11.8. The van der Waals surface area contributed by atoms with Gasteiger partial charge in [-0.25, -0.2) is 17.5 Å². The highest BCUT2D eigenvalue weighted by molar-refractivity contribution is 9.10. The van der Waals surface area contributed by atoms with E-state index >= 15 is 0 Å². The van der Waals surface area contributed by atoms with Gasteiger partial charge in [0.2, 0.25) is 10.0 Å². The van der Waals surface area contributed by atoms with Crippen molar-refractivity contribution in [3.8, 4) is 0 Å². The number of hydrogen-bond acceptors (Lipinski definition) is 4. The lowest BCUT2D eigenvalue weighted by Gasteiger charge is -2.28. The van der Waals surface area contributed by atoms with Crippen LogP contribution in [0.4, 0.5) is 4.39 Å². The van der Waals surface area contributed by atoms with Crippen molar-refractivity contribution < 1.29 is 17.5 Å². The number of hydrogen-bond donors (Lipinski definition) is 2. The molecule has 1 aliphatic heterocycles. The van der Waals surface area contributed by atoms with Gasteiger partial charge >= 0.3 is 0 Å². The Bertz CT molecular complexity index is 653. The molecule has 1 fully saturated rings. The van der Waals surface area contributed by atoms with Gasteiger partial charge in [-0.2, -0.15) is 0 Å². The first-order chi connectivity index (χ1) is 9.69. The van der Waals surface area contributed by atoms with Crippen molar-refractivity contribution in [2.75, 3.05) is 6.61 Å². The van der Waals surface area contributed by atoms with E-state index in [1.165, 1.54) is 12.1 Å². The Hall–Kier alpha value is -0.540. The summed E-state index contributed by atoms with van der Waals surface area (Å²) in [5, 5.41) is 0. The first kappa shape index (κ1) is 16.8. The Morgan fingerprint density at radius 1 is 1.57 bits per heavy atom. The van der Waals surface area contributed by atoms with Crippen LogP contribution >= 0.6 is 15.9 Å². The molecule has 2 unspecified atom stereocenters. The highest BCUT2D eigenvalue weighted by atomic mass is 79.9. The van der Waals surface area contributed by atoms with Gasteiger partial charge in [-0.3, -0.25) is 0 Å². The van der Waals surface area contributed by atoms with E-state index in [1.807, 2.05) is 0 Å². The second-order valence-electron chi connectivity index (χ2n) is 5.37. The molecule has 1 heterocycles. The van der Waals surface area contributed by atoms with Gasteiger partial charge < -0.3 is 10.5 Å². The molecule has 0 radical (unpaired) electrons. The molecule has 21 heavy (non-hydrogen) atoms. The van der Waals surface area contributed by atoms with Gasteiger partial charge in [0.25, 0.3) is 0 Å². The number of halogens is 2. The molecule has 0 bridgehead atoms. The second-order valence-corrected chi connectivity index (χ2v) is 7.93. The number of benzene rings is 1. The van der Waals surface area contributed by atoms with Crippen molar-refractivity contribution in [2.24, 2.45) is 5.73 Å². The average molecular weight is 381 g/mol. The molecule has 8 heteroatoms. The van der Waals surface area contributed by atoms with Crippen molar-refractivity contribution in [1.29, 1.82) is 0 Å². The third kappa shape index (κ3) is 3.29. The molecule has 2 rings (SSSR count). The van der Waals surface area contributed by atoms with Gasteiger partial charge in [0.05, 0.1) is 11.6 Å². The molecule has 2 atom stereocenters. The first-order valence-corrected chi connectivity index (χ1v) is 8.81. The molecular weight excluding hydrogens is 363 g/mol. The monoisotopic (exact) mass is 380 g/mol. The summed E-state index contributed by atoms with van der Waals surface area (Å²) in [6.45, 7) is 3.93. The molecule has 3 N–H and O–H groups in total. The Morgan fingerprint density at radius 2 is 2.24 bits per heavy atom. The van der Waals surface area contributed by atoms with Gasteiger partial charge in [0.15, 0.2) is 0 Å². The zero-order chi connectivity index (χ0) is 15.8. The van der Waals surface area contributed by atoms with Crippen molar-refractivity contribution in [2.45, 2.75) is 43.4 Å². The molecule has 1 aliphatic rings. The van der Waals surface area contributed by atoms with Gasteiger partial charge in [-0.15, -0.1) is 0 Å². The van der Waals surface area contributed by atoms with E-state index in [4.69, 9.17) is 10.5 Å². The minimum atomic E-state index is -4.01. The number of sulfonamides is 1. The molecular formula is C13H18BrFN2O3S. The van der Waals surface area contributed by atoms with Crippen LogP contribution in [0.1, 0.15) is 25.8 Å². The van der Waals surface area contributed by atoms with Crippen molar-refractivity contribution in [1.82, 2.24) is 4.72 Å². The highest BCUT2D eigenvalue weighted by Gasteiger charge is 2.41. The Labute approximate surface area is 132 Å². The Morgan fingerprint density at radius 3 is 2.76 bits per heavy atom. The zero-order valence-corrected chi connectivity index (χ0v) is 14.2. The van der Waals surface area contributed by atoms with Gasteiger partial charge in [-0.1, -0.05) is 15.9 Å². The summed E-state index contributed by atoms with van der Waals surface area (Å²) in [7, 11) is -4.01. The van der Waals surface area contributed by atoms with E-state index in [0.29, 0.717) is 17.5 Å². The fourth-order valence-electron chi connectivity index (χ4n) is 2.29. The van der Waals surface area contributed by atoms with Gasteiger partial charge in [0, 0.05) is 23.2 Å². The fourth-order valence-corrected chi connectivity index (χ4v) is 4.59. The third-order valence-electron chi connectivity index (χ3n) is 3.84. The standard InChI is InChI=1S/C13H18BrFN2O3S/c1-8-13(2,3-4-20-8)17-21(18,19)11-6-10(14)5-9(7-16)12(11)15/h5-6,8,17H,3-4,7,16H2,1-2H3. The Balaban J connectivity index is 2.43. The predicted molar refractivity (Wildman–Crippen MR) is 80.7 cm³/mol. The molecule has 1 aromatic rings. The van der Waals surface area contributed by atoms with E-state index in [-0.39, 0.29) is 18.2 Å². The van der Waals surface area contributed by atoms with Crippen molar-refractivity contribution in [3.05, 3.63) is 28.0 Å². The number of ether oxygens (including phenoxy) is 1. The van der Waals surface area contributed by atoms with Crippen LogP contribution in [0.15, 0.2) is 21.5 Å². The average Bonchev–Trinajstić information content (AvgIpc) is 2.70. The van der Waals surface area contributed by atoms with Gasteiger partial charge in [-0.05, 0) is 32.4 Å². The van der Waals surface area contributed by atoms with Crippen LogP contribution in [0.25, 0.3) is 0 Å². The molecule has 0 spiro atoms. The summed E-state index contributed by atoms with van der Waals surface area (Å²) in [6.07, 6.45) is 0.253. The normalized spacial score (nSPS) is 26.2. The summed E-state index contributed by atoms with van der Waals surface area (Å²) in [5.41, 5.74) is 4.84. The summed E-state index contributed by atoms with van der Waals surface area (Å²) in [4.78, 5) is -0.405. The summed E-state index contributed by atoms with van der Waals surface area (Å²) in [5.74, 6) is -0.816. The molecule has 0 aliphatic carbocycles. The largest absolute Gasteiger partial charge is 0.376 e. The van der Waals surface area contributed by atoms with E-state index in [9.17, 15) is 12.8 Å². The van der Waals surface area contributed by atoms with Gasteiger partial charge in [0.1, 0.15) is 10.7 Å². The minimum Gasteiger partial charge on any atom is -0.376 e. The smallest absolute Gasteiger partial charge is 0.244 e. The molecule has 0 saturated carbocycles. The quantitative estimate of drug-likeness (QED) is 0.835. The maximum Gasteiger partial charge on any atom is 0.244 e. The first-order valence-electron chi connectivity index (χ1n) is 6.53. The summed E-state index contributed by atoms with van der Waals surface area (Å²) >= 11 is 3.18. The fraction of sp³-hybridized carbons (Fsp3) is 0.538. The number of nitrogens with one attached hydrogen (secondary N) is 1. The molecule has 5 nitrogen and oxygen atoms in total. The lowest BCUT2D eigenvalue weighted by molar-refractivity contribution is 0.0957. The van der Waals surface area contributed by atoms with Crippen molar-refractivity contribution >= 4 is 26.0 Å². The van der Waals surface area contributed by atoms with Crippen LogP contribution in [0.5, 0.6) is 0 Å². The van der Waals surface area contributed by atoms with E-state index in [2.05, 4.69) is 20.7 Å². The van der Waals surface area contributed by atoms with Crippen molar-refractivity contribution in [3.63, 3.8) is 0 Å². The minimum absolute atomic E-state index is 0.0788. The lowest BCUT2D eigenvalue weighted by Crippen LogP contribution is -2.50.